The van der Waals surface area contributed by atoms with E-state index in [1.165, 1.54) is 0 Å². The van der Waals surface area contributed by atoms with Crippen molar-refractivity contribution in [3.05, 3.63) is 12.3 Å². The zero-order valence-corrected chi connectivity index (χ0v) is 8.39. The van der Waals surface area contributed by atoms with Gasteiger partial charge in [0.1, 0.15) is 5.60 Å². The van der Waals surface area contributed by atoms with Gasteiger partial charge in [-0.2, -0.15) is 0 Å². The molecule has 0 fully saturated rings. The smallest absolute Gasteiger partial charge is 0.407 e. The summed E-state index contributed by atoms with van der Waals surface area (Å²) in [6.07, 6.45) is -0.475. The van der Waals surface area contributed by atoms with Crippen molar-refractivity contribution in [2.24, 2.45) is 4.99 Å². The fraction of sp³-hybridized carbons (Fsp3) is 0.556. The third kappa shape index (κ3) is 7.05. The molecule has 0 aliphatic rings. The molecule has 4 heteroatoms. The second-order valence-electron chi connectivity index (χ2n) is 3.58. The molecule has 0 unspecified atom stereocenters. The Kier molecular flexibility index (Phi) is 4.17. The number of amides is 1. The molecule has 1 amide bonds. The van der Waals surface area contributed by atoms with Gasteiger partial charge in [0.05, 0.1) is 12.2 Å². The van der Waals surface area contributed by atoms with Gasteiger partial charge in [0, 0.05) is 0 Å². The van der Waals surface area contributed by atoms with E-state index in [2.05, 4.69) is 23.6 Å². The summed E-state index contributed by atoms with van der Waals surface area (Å²) in [7, 11) is 0. The van der Waals surface area contributed by atoms with Gasteiger partial charge in [0.15, 0.2) is 0 Å². The molecule has 13 heavy (non-hydrogen) atoms. The fourth-order valence-corrected chi connectivity index (χ4v) is 0.544. The van der Waals surface area contributed by atoms with Gasteiger partial charge in [0.2, 0.25) is 0 Å². The molecule has 0 aliphatic carbocycles. The summed E-state index contributed by atoms with van der Waals surface area (Å²) in [5.74, 6) is 0. The summed E-state index contributed by atoms with van der Waals surface area (Å²) < 4.78 is 4.98. The van der Waals surface area contributed by atoms with Gasteiger partial charge in [0.25, 0.3) is 0 Å². The molecule has 0 aromatic carbocycles. The zero-order chi connectivity index (χ0) is 10.5. The first-order chi connectivity index (χ1) is 5.85. The molecule has 0 bridgehead atoms. The lowest BCUT2D eigenvalue weighted by Gasteiger charge is -2.19. The molecule has 1 N–H and O–H groups in total. The molecule has 0 saturated carbocycles. The second kappa shape index (κ2) is 4.64. The summed E-state index contributed by atoms with van der Waals surface area (Å²) in [4.78, 5) is 14.6. The van der Waals surface area contributed by atoms with Crippen molar-refractivity contribution in [2.75, 3.05) is 6.54 Å². The Hall–Kier alpha value is -1.32. The Morgan fingerprint density at radius 3 is 2.46 bits per heavy atom. The van der Waals surface area contributed by atoms with Crippen LogP contribution in [0.15, 0.2) is 17.3 Å². The molecule has 0 aromatic rings. The molecule has 0 aromatic heterocycles. The van der Waals surface area contributed by atoms with Crippen LogP contribution in [0.3, 0.4) is 0 Å². The van der Waals surface area contributed by atoms with Crippen LogP contribution in [0.2, 0.25) is 0 Å². The van der Waals surface area contributed by atoms with Crippen molar-refractivity contribution < 1.29 is 9.53 Å². The van der Waals surface area contributed by atoms with Crippen molar-refractivity contribution in [1.29, 1.82) is 0 Å². The number of hydrogen-bond donors (Lipinski definition) is 1. The summed E-state index contributed by atoms with van der Waals surface area (Å²) in [6.45, 7) is 12.5. The molecule has 0 radical (unpaired) electrons. The highest BCUT2D eigenvalue weighted by Gasteiger charge is 2.15. The standard InChI is InChI=1S/C9H16N2O2/c1-7(10-5)6-11-8(12)13-9(2,3)4/h1,5-6H2,2-4H3,(H,11,12). The topological polar surface area (TPSA) is 50.7 Å². The van der Waals surface area contributed by atoms with Crippen LogP contribution in [0.25, 0.3) is 0 Å². The molecule has 0 rings (SSSR count). The lowest BCUT2D eigenvalue weighted by atomic mass is 10.2. The molecular weight excluding hydrogens is 168 g/mol. The number of carbonyl (C=O) groups is 1. The van der Waals surface area contributed by atoms with Gasteiger partial charge >= 0.3 is 6.09 Å². The van der Waals surface area contributed by atoms with E-state index in [0.717, 1.165) is 0 Å². The minimum absolute atomic E-state index is 0.262. The summed E-state index contributed by atoms with van der Waals surface area (Å²) in [5, 5.41) is 2.50. The number of nitrogens with zero attached hydrogens (tertiary/aromatic N) is 1. The van der Waals surface area contributed by atoms with Crippen molar-refractivity contribution >= 4 is 12.8 Å². The van der Waals surface area contributed by atoms with Crippen molar-refractivity contribution in [3.63, 3.8) is 0 Å². The highest BCUT2D eigenvalue weighted by atomic mass is 16.6. The quantitative estimate of drug-likeness (QED) is 0.679. The number of nitrogens with one attached hydrogen (secondary N) is 1. The molecule has 0 spiro atoms. The molecule has 0 saturated heterocycles. The van der Waals surface area contributed by atoms with Crippen molar-refractivity contribution in [3.8, 4) is 0 Å². The van der Waals surface area contributed by atoms with Crippen LogP contribution in [0.5, 0.6) is 0 Å². The highest BCUT2D eigenvalue weighted by molar-refractivity contribution is 5.68. The Morgan fingerprint density at radius 2 is 2.08 bits per heavy atom. The van der Waals surface area contributed by atoms with E-state index in [1.807, 2.05) is 0 Å². The molecule has 4 nitrogen and oxygen atoms in total. The number of carbonyl (C=O) groups excluding carboxylic acids is 1. The minimum Gasteiger partial charge on any atom is -0.444 e. The fourth-order valence-electron chi connectivity index (χ4n) is 0.544. The average Bonchev–Trinajstić information content (AvgIpc) is 1.97. The predicted octanol–water partition coefficient (Wildman–Crippen LogP) is 1.73. The predicted molar refractivity (Wildman–Crippen MR) is 52.9 cm³/mol. The minimum atomic E-state index is -0.479. The van der Waals surface area contributed by atoms with Gasteiger partial charge < -0.3 is 10.1 Å². The van der Waals surface area contributed by atoms with Crippen LogP contribution >= 0.6 is 0 Å². The Bertz CT molecular complexity index is 216. The maximum Gasteiger partial charge on any atom is 0.407 e. The summed E-state index contributed by atoms with van der Waals surface area (Å²) >= 11 is 0. The first-order valence-corrected chi connectivity index (χ1v) is 3.96. The van der Waals surface area contributed by atoms with Crippen LogP contribution in [-0.2, 0) is 4.74 Å². The first kappa shape index (κ1) is 11.7. The normalized spacial score (nSPS) is 10.4. The molecule has 0 heterocycles. The van der Waals surface area contributed by atoms with Crippen LogP contribution in [0, 0.1) is 0 Å². The highest BCUT2D eigenvalue weighted by Crippen LogP contribution is 2.06. The van der Waals surface area contributed by atoms with E-state index in [4.69, 9.17) is 4.74 Å². The Balaban J connectivity index is 3.77. The zero-order valence-electron chi connectivity index (χ0n) is 8.39. The van der Waals surface area contributed by atoms with E-state index < -0.39 is 11.7 Å². The van der Waals surface area contributed by atoms with Gasteiger partial charge in [-0.1, -0.05) is 6.58 Å². The molecule has 0 aliphatic heterocycles. The number of ether oxygens (including phenoxy) is 1. The SMILES string of the molecule is C=NC(=C)CNC(=O)OC(C)(C)C. The lowest BCUT2D eigenvalue weighted by Crippen LogP contribution is -2.33. The first-order valence-electron chi connectivity index (χ1n) is 3.96. The number of aliphatic imine (C=N–C) groups is 1. The third-order valence-corrected chi connectivity index (χ3v) is 1.06. The van der Waals surface area contributed by atoms with Crippen molar-refractivity contribution in [2.45, 2.75) is 26.4 Å². The molecule has 74 valence electrons. The van der Waals surface area contributed by atoms with Crippen LogP contribution in [0.4, 0.5) is 4.79 Å². The van der Waals surface area contributed by atoms with Gasteiger partial charge in [-0.25, -0.2) is 4.79 Å². The molecular formula is C9H16N2O2. The monoisotopic (exact) mass is 184 g/mol. The van der Waals surface area contributed by atoms with E-state index in [0.29, 0.717) is 5.70 Å². The molecule has 0 atom stereocenters. The number of rotatable bonds is 3. The maximum atomic E-state index is 11.0. The van der Waals surface area contributed by atoms with Gasteiger partial charge in [-0.15, -0.1) is 0 Å². The average molecular weight is 184 g/mol. The van der Waals surface area contributed by atoms with Crippen LogP contribution in [0.1, 0.15) is 20.8 Å². The summed E-state index contributed by atoms with van der Waals surface area (Å²) in [5.41, 5.74) is 0.0263. The Labute approximate surface area is 78.7 Å². The van der Waals surface area contributed by atoms with Crippen LogP contribution < -0.4 is 5.32 Å². The largest absolute Gasteiger partial charge is 0.444 e. The van der Waals surface area contributed by atoms with Gasteiger partial charge in [-0.3, -0.25) is 4.99 Å². The Morgan fingerprint density at radius 1 is 1.54 bits per heavy atom. The second-order valence-corrected chi connectivity index (χ2v) is 3.58. The van der Waals surface area contributed by atoms with E-state index >= 15 is 0 Å². The summed E-state index contributed by atoms with van der Waals surface area (Å²) in [6, 6.07) is 0. The van der Waals surface area contributed by atoms with Gasteiger partial charge in [-0.05, 0) is 27.5 Å². The lowest BCUT2D eigenvalue weighted by molar-refractivity contribution is 0.0532. The van der Waals surface area contributed by atoms with E-state index in [9.17, 15) is 4.79 Å². The van der Waals surface area contributed by atoms with E-state index in [1.54, 1.807) is 20.8 Å². The van der Waals surface area contributed by atoms with Crippen LogP contribution in [-0.4, -0.2) is 25.0 Å². The number of hydrogen-bond acceptors (Lipinski definition) is 3. The number of alkyl carbamates (subject to hydrolysis) is 1. The van der Waals surface area contributed by atoms with Crippen molar-refractivity contribution in [1.82, 2.24) is 5.32 Å². The third-order valence-electron chi connectivity index (χ3n) is 1.06. The van der Waals surface area contributed by atoms with E-state index in [-0.39, 0.29) is 6.54 Å². The maximum absolute atomic E-state index is 11.0.